The van der Waals surface area contributed by atoms with E-state index < -0.39 is 6.04 Å². The number of ketones is 1. The van der Waals surface area contributed by atoms with Gasteiger partial charge in [0.25, 0.3) is 0 Å². The molecule has 0 aromatic carbocycles. The summed E-state index contributed by atoms with van der Waals surface area (Å²) in [5.41, 5.74) is 1.80. The van der Waals surface area contributed by atoms with E-state index in [0.29, 0.717) is 31.7 Å². The van der Waals surface area contributed by atoms with E-state index in [1.165, 1.54) is 6.92 Å². The Bertz CT molecular complexity index is 762. The zero-order chi connectivity index (χ0) is 20.7. The quantitative estimate of drug-likeness (QED) is 0.375. The predicted molar refractivity (Wildman–Crippen MR) is 105 cm³/mol. The number of hydrogen-bond donors (Lipinski definition) is 2. The zero-order valence-corrected chi connectivity index (χ0v) is 16.8. The molecule has 2 rings (SSSR count). The van der Waals surface area contributed by atoms with E-state index in [1.807, 2.05) is 13.8 Å². The summed E-state index contributed by atoms with van der Waals surface area (Å²) < 4.78 is 5.02. The van der Waals surface area contributed by atoms with Gasteiger partial charge in [-0.05, 0) is 17.5 Å². The summed E-state index contributed by atoms with van der Waals surface area (Å²) in [6, 6.07) is 1.20. The van der Waals surface area contributed by atoms with Gasteiger partial charge in [-0.3, -0.25) is 19.4 Å². The van der Waals surface area contributed by atoms with Crippen LogP contribution in [-0.4, -0.2) is 54.2 Å². The molecule has 0 saturated carbocycles. The minimum Gasteiger partial charge on any atom is -0.383 e. The number of nitrogens with one attached hydrogen (secondary N) is 2. The van der Waals surface area contributed by atoms with Gasteiger partial charge < -0.3 is 20.3 Å². The van der Waals surface area contributed by atoms with Crippen molar-refractivity contribution in [1.29, 1.82) is 0 Å². The van der Waals surface area contributed by atoms with E-state index >= 15 is 0 Å². The zero-order valence-electron chi connectivity index (χ0n) is 16.8. The molecule has 2 atom stereocenters. The van der Waals surface area contributed by atoms with E-state index in [-0.39, 0.29) is 29.0 Å². The molecule has 0 saturated heterocycles. The van der Waals surface area contributed by atoms with Crippen LogP contribution in [0.5, 0.6) is 0 Å². The molecule has 1 amide bonds. The second kappa shape index (κ2) is 9.98. The molecule has 0 unspecified atom stereocenters. The van der Waals surface area contributed by atoms with Crippen molar-refractivity contribution in [3.8, 4) is 0 Å². The van der Waals surface area contributed by atoms with Crippen LogP contribution in [0.4, 0.5) is 5.69 Å². The van der Waals surface area contributed by atoms with Crippen molar-refractivity contribution in [2.45, 2.75) is 39.8 Å². The van der Waals surface area contributed by atoms with Crippen LogP contribution in [0.1, 0.15) is 32.8 Å². The normalized spacial score (nSPS) is 18.4. The topological polar surface area (TPSA) is 101 Å². The third-order valence-corrected chi connectivity index (χ3v) is 4.93. The first kappa shape index (κ1) is 21.6. The molecule has 0 spiro atoms. The summed E-state index contributed by atoms with van der Waals surface area (Å²) >= 11 is 0. The number of rotatable bonds is 9. The number of hydrogen-bond acceptors (Lipinski definition) is 7. The Labute approximate surface area is 165 Å². The number of carbonyl (C=O) groups excluding carboxylic acids is 3. The van der Waals surface area contributed by atoms with Gasteiger partial charge in [-0.1, -0.05) is 20.3 Å². The molecule has 0 bridgehead atoms. The fourth-order valence-electron chi connectivity index (χ4n) is 3.27. The number of fused-ring (bicyclic) bond motifs is 1. The maximum atomic E-state index is 13.0. The molecule has 1 aliphatic rings. The number of anilines is 1. The van der Waals surface area contributed by atoms with Crippen molar-refractivity contribution in [2.24, 2.45) is 5.92 Å². The van der Waals surface area contributed by atoms with Gasteiger partial charge >= 0.3 is 0 Å². The lowest BCUT2D eigenvalue weighted by molar-refractivity contribution is -0.123. The Hall–Kier alpha value is -2.74. The summed E-state index contributed by atoms with van der Waals surface area (Å²) in [6.45, 7) is 6.40. The number of nitrogens with zero attached hydrogens (tertiary/aromatic N) is 2. The molecule has 2 N–H and O–H groups in total. The van der Waals surface area contributed by atoms with E-state index in [0.717, 1.165) is 12.0 Å². The molecule has 1 aromatic heterocycles. The van der Waals surface area contributed by atoms with E-state index in [4.69, 9.17) is 4.74 Å². The maximum absolute atomic E-state index is 13.0. The van der Waals surface area contributed by atoms with Gasteiger partial charge in [0.1, 0.15) is 17.4 Å². The Kier molecular flexibility index (Phi) is 7.69. The van der Waals surface area contributed by atoms with Crippen molar-refractivity contribution in [2.75, 3.05) is 25.6 Å². The van der Waals surface area contributed by atoms with Crippen LogP contribution in [0.15, 0.2) is 29.9 Å². The van der Waals surface area contributed by atoms with Gasteiger partial charge in [-0.2, -0.15) is 0 Å². The standard InChI is InChI=1S/C20H28N4O4/c1-5-13(2)19-20(27)23-16-10-21-7-6-15(16)11-24(19)17(12-25)18(14(3)26)22-8-9-28-4/h6-7,10,12-13,19,22H,5,8-9,11H2,1-4H3,(H,23,27)/b18-17-/t13-,19-/m0/s1. The molecular formula is C20H28N4O4. The summed E-state index contributed by atoms with van der Waals surface area (Å²) in [5.74, 6) is -0.537. The van der Waals surface area contributed by atoms with Crippen LogP contribution >= 0.6 is 0 Å². The number of pyridine rings is 1. The molecule has 8 heteroatoms. The second-order valence-electron chi connectivity index (χ2n) is 6.83. The van der Waals surface area contributed by atoms with Crippen LogP contribution in [0.2, 0.25) is 0 Å². The van der Waals surface area contributed by atoms with Crippen molar-refractivity contribution in [1.82, 2.24) is 15.2 Å². The van der Waals surface area contributed by atoms with Crippen LogP contribution < -0.4 is 10.6 Å². The lowest BCUT2D eigenvalue weighted by Gasteiger charge is -2.35. The summed E-state index contributed by atoms with van der Waals surface area (Å²) in [4.78, 5) is 43.2. The number of aldehydes is 1. The van der Waals surface area contributed by atoms with Crippen molar-refractivity contribution in [3.63, 3.8) is 0 Å². The van der Waals surface area contributed by atoms with Crippen LogP contribution in [-0.2, 0) is 25.7 Å². The molecule has 0 aliphatic carbocycles. The highest BCUT2D eigenvalue weighted by atomic mass is 16.5. The summed E-state index contributed by atoms with van der Waals surface area (Å²) in [5, 5.41) is 5.90. The van der Waals surface area contributed by atoms with E-state index in [9.17, 15) is 14.4 Å². The Morgan fingerprint density at radius 3 is 2.89 bits per heavy atom. The number of amides is 1. The van der Waals surface area contributed by atoms with Crippen molar-refractivity contribution in [3.05, 3.63) is 35.4 Å². The van der Waals surface area contributed by atoms with E-state index in [2.05, 4.69) is 15.6 Å². The molecule has 1 aromatic rings. The predicted octanol–water partition coefficient (Wildman–Crippen LogP) is 1.49. The Morgan fingerprint density at radius 1 is 1.54 bits per heavy atom. The third-order valence-electron chi connectivity index (χ3n) is 4.93. The van der Waals surface area contributed by atoms with Gasteiger partial charge in [-0.15, -0.1) is 0 Å². The number of aromatic nitrogens is 1. The SMILES string of the molecule is CC[C@H](C)[C@H]1C(=O)Nc2cnccc2CN1/C(C=O)=C(\NCCOC)C(C)=O. The van der Waals surface area contributed by atoms with E-state index in [1.54, 1.807) is 30.5 Å². The highest BCUT2D eigenvalue weighted by Crippen LogP contribution is 2.29. The molecule has 2 heterocycles. The van der Waals surface area contributed by atoms with Gasteiger partial charge in [0.05, 0.1) is 18.5 Å². The first-order valence-corrected chi connectivity index (χ1v) is 9.38. The summed E-state index contributed by atoms with van der Waals surface area (Å²) in [7, 11) is 1.56. The number of Topliss-reactive ketones (excluding diaryl/α,β-unsaturated/α-hetero) is 1. The molecular weight excluding hydrogens is 360 g/mol. The Morgan fingerprint density at radius 2 is 2.29 bits per heavy atom. The first-order chi connectivity index (χ1) is 13.4. The minimum atomic E-state index is -0.601. The minimum absolute atomic E-state index is 0.0376. The van der Waals surface area contributed by atoms with Crippen molar-refractivity contribution < 1.29 is 19.1 Å². The fourth-order valence-corrected chi connectivity index (χ4v) is 3.27. The highest BCUT2D eigenvalue weighted by Gasteiger charge is 2.36. The highest BCUT2D eigenvalue weighted by molar-refractivity contribution is 6.00. The third kappa shape index (κ3) is 4.75. The largest absolute Gasteiger partial charge is 0.383 e. The fraction of sp³-hybridized carbons (Fsp3) is 0.500. The summed E-state index contributed by atoms with van der Waals surface area (Å²) in [6.07, 6.45) is 4.62. The van der Waals surface area contributed by atoms with Gasteiger partial charge in [0.2, 0.25) is 5.91 Å². The maximum Gasteiger partial charge on any atom is 0.247 e. The lowest BCUT2D eigenvalue weighted by Crippen LogP contribution is -2.47. The first-order valence-electron chi connectivity index (χ1n) is 9.38. The monoisotopic (exact) mass is 388 g/mol. The number of carbonyl (C=O) groups is 3. The van der Waals surface area contributed by atoms with Gasteiger partial charge in [-0.25, -0.2) is 0 Å². The number of methoxy groups -OCH3 is 1. The van der Waals surface area contributed by atoms with Gasteiger partial charge in [0, 0.05) is 33.3 Å². The van der Waals surface area contributed by atoms with Crippen LogP contribution in [0, 0.1) is 5.92 Å². The Balaban J connectivity index is 2.58. The molecule has 0 fully saturated rings. The molecule has 8 nitrogen and oxygen atoms in total. The van der Waals surface area contributed by atoms with Crippen LogP contribution in [0.25, 0.3) is 0 Å². The van der Waals surface area contributed by atoms with Crippen LogP contribution in [0.3, 0.4) is 0 Å². The van der Waals surface area contributed by atoms with Crippen molar-refractivity contribution >= 4 is 23.7 Å². The second-order valence-corrected chi connectivity index (χ2v) is 6.83. The number of allylic oxidation sites excluding steroid dienone is 2. The molecule has 0 radical (unpaired) electrons. The molecule has 152 valence electrons. The lowest BCUT2D eigenvalue weighted by atomic mass is 9.96. The molecule has 1 aliphatic heterocycles. The number of ether oxygens (including phenoxy) is 1. The van der Waals surface area contributed by atoms with Gasteiger partial charge in [0.15, 0.2) is 12.1 Å². The molecule has 28 heavy (non-hydrogen) atoms. The average Bonchev–Trinajstić information content (AvgIpc) is 2.82. The smallest absolute Gasteiger partial charge is 0.247 e. The average molecular weight is 388 g/mol.